The van der Waals surface area contributed by atoms with Crippen LogP contribution in [0.3, 0.4) is 0 Å². The molecule has 0 bridgehead atoms. The van der Waals surface area contributed by atoms with Crippen molar-refractivity contribution in [1.82, 2.24) is 15.5 Å². The Kier molecular flexibility index (Phi) is 5.04. The van der Waals surface area contributed by atoms with E-state index >= 15 is 0 Å². The maximum Gasteiger partial charge on any atom is 0.251 e. The maximum absolute atomic E-state index is 13.1. The zero-order valence-electron chi connectivity index (χ0n) is 12.8. The minimum Gasteiger partial charge on any atom is -0.352 e. The monoisotopic (exact) mass is 363 g/mol. The number of rotatable bonds is 5. The Morgan fingerprint density at radius 2 is 1.80 bits per heavy atom. The third-order valence-corrected chi connectivity index (χ3v) is 3.57. The van der Waals surface area contributed by atoms with E-state index < -0.39 is 17.5 Å². The molecule has 3 aromatic rings. The topological polar surface area (TPSA) is 68.0 Å². The van der Waals surface area contributed by atoms with Gasteiger partial charge in [0.1, 0.15) is 11.6 Å². The Hall–Kier alpha value is -2.80. The molecule has 1 N–H and O–H groups in total. The summed E-state index contributed by atoms with van der Waals surface area (Å²) in [6.45, 7) is 0.180. The zero-order chi connectivity index (χ0) is 17.8. The highest BCUT2D eigenvalue weighted by atomic mass is 35.5. The van der Waals surface area contributed by atoms with Crippen LogP contribution in [0.1, 0.15) is 16.2 Å². The fraction of sp³-hybridized carbons (Fsp3) is 0.118. The first kappa shape index (κ1) is 17.0. The Morgan fingerprint density at radius 1 is 1.12 bits per heavy atom. The number of nitrogens with zero attached hydrogens (tertiary/aromatic N) is 2. The molecule has 1 amide bonds. The molecule has 0 unspecified atom stereocenters. The molecule has 0 saturated carbocycles. The largest absolute Gasteiger partial charge is 0.352 e. The summed E-state index contributed by atoms with van der Waals surface area (Å²) in [5.41, 5.74) is 0.656. The zero-order valence-corrected chi connectivity index (χ0v) is 13.6. The average Bonchev–Trinajstić information content (AvgIpc) is 3.03. The third-order valence-electron chi connectivity index (χ3n) is 3.32. The van der Waals surface area contributed by atoms with Gasteiger partial charge in [0.25, 0.3) is 5.91 Å². The van der Waals surface area contributed by atoms with Crippen LogP contribution in [0.4, 0.5) is 8.78 Å². The standard InChI is InChI=1S/C17H12ClF2N3O2/c18-12-3-1-10(2-4-12)16-22-15(25-23-16)5-6-21-17(24)11-7-13(19)9-14(20)8-11/h1-4,7-9H,5-6H2,(H,21,24). The molecule has 0 aliphatic rings. The van der Waals surface area contributed by atoms with Gasteiger partial charge >= 0.3 is 0 Å². The molecule has 128 valence electrons. The van der Waals surface area contributed by atoms with Crippen LogP contribution in [0, 0.1) is 11.6 Å². The van der Waals surface area contributed by atoms with Crippen LogP contribution in [0.5, 0.6) is 0 Å². The molecule has 0 aliphatic carbocycles. The lowest BCUT2D eigenvalue weighted by Gasteiger charge is -2.03. The molecule has 0 radical (unpaired) electrons. The first-order chi connectivity index (χ1) is 12.0. The molecule has 25 heavy (non-hydrogen) atoms. The Balaban J connectivity index is 1.57. The molecule has 0 atom stereocenters. The first-order valence-electron chi connectivity index (χ1n) is 7.34. The normalized spacial score (nSPS) is 10.7. The number of carbonyl (C=O) groups is 1. The van der Waals surface area contributed by atoms with Crippen LogP contribution in [-0.4, -0.2) is 22.6 Å². The quantitative estimate of drug-likeness (QED) is 0.751. The van der Waals surface area contributed by atoms with Crippen molar-refractivity contribution in [2.24, 2.45) is 0 Å². The first-order valence-corrected chi connectivity index (χ1v) is 7.72. The molecule has 8 heteroatoms. The highest BCUT2D eigenvalue weighted by molar-refractivity contribution is 6.30. The summed E-state index contributed by atoms with van der Waals surface area (Å²) >= 11 is 5.82. The third kappa shape index (κ3) is 4.39. The van der Waals surface area contributed by atoms with Crippen molar-refractivity contribution >= 4 is 17.5 Å². The van der Waals surface area contributed by atoms with Gasteiger partial charge in [-0.3, -0.25) is 4.79 Å². The molecule has 3 rings (SSSR count). The molecular weight excluding hydrogens is 352 g/mol. The minimum atomic E-state index is -0.811. The fourth-order valence-electron chi connectivity index (χ4n) is 2.14. The van der Waals surface area contributed by atoms with Crippen molar-refractivity contribution in [2.75, 3.05) is 6.54 Å². The van der Waals surface area contributed by atoms with Crippen molar-refractivity contribution < 1.29 is 18.1 Å². The number of carbonyl (C=O) groups excluding carboxylic acids is 1. The van der Waals surface area contributed by atoms with Gasteiger partial charge < -0.3 is 9.84 Å². The summed E-state index contributed by atoms with van der Waals surface area (Å²) in [7, 11) is 0. The lowest BCUT2D eigenvalue weighted by Crippen LogP contribution is -2.26. The van der Waals surface area contributed by atoms with E-state index in [1.165, 1.54) is 0 Å². The average molecular weight is 364 g/mol. The number of hydrogen-bond donors (Lipinski definition) is 1. The van der Waals surface area contributed by atoms with Crippen LogP contribution < -0.4 is 5.32 Å². The molecular formula is C17H12ClF2N3O2. The molecule has 0 fully saturated rings. The van der Waals surface area contributed by atoms with Crippen molar-refractivity contribution in [2.45, 2.75) is 6.42 Å². The van der Waals surface area contributed by atoms with Gasteiger partial charge in [-0.1, -0.05) is 16.8 Å². The van der Waals surface area contributed by atoms with Crippen LogP contribution in [0.2, 0.25) is 5.02 Å². The number of aromatic nitrogens is 2. The maximum atomic E-state index is 13.1. The Morgan fingerprint density at radius 3 is 2.48 bits per heavy atom. The molecule has 0 aliphatic heterocycles. The molecule has 1 aromatic heterocycles. The van der Waals surface area contributed by atoms with Crippen LogP contribution >= 0.6 is 11.6 Å². The second-order valence-electron chi connectivity index (χ2n) is 5.18. The van der Waals surface area contributed by atoms with E-state index in [0.29, 0.717) is 22.8 Å². The molecule has 2 aromatic carbocycles. The summed E-state index contributed by atoms with van der Waals surface area (Å²) < 4.78 is 31.3. The predicted molar refractivity (Wildman–Crippen MR) is 87.1 cm³/mol. The number of halogens is 3. The predicted octanol–water partition coefficient (Wildman–Crippen LogP) is 3.64. The summed E-state index contributed by atoms with van der Waals surface area (Å²) in [6.07, 6.45) is 0.282. The van der Waals surface area contributed by atoms with Gasteiger partial charge in [-0.2, -0.15) is 4.98 Å². The van der Waals surface area contributed by atoms with Gasteiger partial charge in [-0.25, -0.2) is 8.78 Å². The van der Waals surface area contributed by atoms with Gasteiger partial charge in [-0.05, 0) is 36.4 Å². The summed E-state index contributed by atoms with van der Waals surface area (Å²) in [6, 6.07) is 9.58. The second kappa shape index (κ2) is 7.40. The van der Waals surface area contributed by atoms with Crippen molar-refractivity contribution in [1.29, 1.82) is 0 Å². The van der Waals surface area contributed by atoms with E-state index in [1.807, 2.05) is 0 Å². The van der Waals surface area contributed by atoms with Gasteiger partial charge in [-0.15, -0.1) is 0 Å². The Labute approximate surface area is 146 Å². The fourth-order valence-corrected chi connectivity index (χ4v) is 2.27. The van der Waals surface area contributed by atoms with Gasteiger partial charge in [0.05, 0.1) is 0 Å². The molecule has 0 saturated heterocycles. The van der Waals surface area contributed by atoms with Crippen LogP contribution in [-0.2, 0) is 6.42 Å². The highest BCUT2D eigenvalue weighted by Gasteiger charge is 2.11. The molecule has 5 nitrogen and oxygen atoms in total. The lowest BCUT2D eigenvalue weighted by atomic mass is 10.2. The van der Waals surface area contributed by atoms with E-state index in [1.54, 1.807) is 24.3 Å². The molecule has 1 heterocycles. The number of amides is 1. The van der Waals surface area contributed by atoms with E-state index in [4.69, 9.17) is 16.1 Å². The second-order valence-corrected chi connectivity index (χ2v) is 5.62. The van der Waals surface area contributed by atoms with Crippen molar-refractivity contribution in [3.63, 3.8) is 0 Å². The van der Waals surface area contributed by atoms with Gasteiger partial charge in [0.2, 0.25) is 11.7 Å². The molecule has 0 spiro atoms. The lowest BCUT2D eigenvalue weighted by molar-refractivity contribution is 0.0952. The summed E-state index contributed by atoms with van der Waals surface area (Å²) in [5.74, 6) is -1.47. The van der Waals surface area contributed by atoms with E-state index in [-0.39, 0.29) is 18.5 Å². The summed E-state index contributed by atoms with van der Waals surface area (Å²) in [5, 5.41) is 7.00. The van der Waals surface area contributed by atoms with Crippen molar-refractivity contribution in [3.05, 3.63) is 70.6 Å². The number of benzene rings is 2. The minimum absolute atomic E-state index is 0.0927. The number of hydrogen-bond acceptors (Lipinski definition) is 4. The summed E-state index contributed by atoms with van der Waals surface area (Å²) in [4.78, 5) is 16.1. The van der Waals surface area contributed by atoms with Crippen molar-refractivity contribution in [3.8, 4) is 11.4 Å². The van der Waals surface area contributed by atoms with Crippen LogP contribution in [0.25, 0.3) is 11.4 Å². The van der Waals surface area contributed by atoms with Gasteiger partial charge in [0.15, 0.2) is 0 Å². The van der Waals surface area contributed by atoms with Crippen LogP contribution in [0.15, 0.2) is 47.0 Å². The van der Waals surface area contributed by atoms with E-state index in [0.717, 1.165) is 17.7 Å². The highest BCUT2D eigenvalue weighted by Crippen LogP contribution is 2.18. The Bertz CT molecular complexity index is 877. The SMILES string of the molecule is O=C(NCCc1nc(-c2ccc(Cl)cc2)no1)c1cc(F)cc(F)c1. The van der Waals surface area contributed by atoms with E-state index in [2.05, 4.69) is 15.5 Å². The van der Waals surface area contributed by atoms with Gasteiger partial charge in [0, 0.05) is 35.2 Å². The van der Waals surface area contributed by atoms with E-state index in [9.17, 15) is 13.6 Å². The number of nitrogens with one attached hydrogen (secondary N) is 1. The smallest absolute Gasteiger partial charge is 0.251 e.